The van der Waals surface area contributed by atoms with Gasteiger partial charge < -0.3 is 9.32 Å². The minimum atomic E-state index is 0.896. The molecule has 59 heavy (non-hydrogen) atoms. The van der Waals surface area contributed by atoms with Crippen molar-refractivity contribution in [1.29, 1.82) is 0 Å². The number of benzene rings is 10. The van der Waals surface area contributed by atoms with Gasteiger partial charge in [-0.15, -0.1) is 11.3 Å². The van der Waals surface area contributed by atoms with Crippen LogP contribution in [0.1, 0.15) is 0 Å². The molecule has 12 aromatic rings. The molecule has 0 radical (unpaired) electrons. The van der Waals surface area contributed by atoms with Crippen LogP contribution in [0.25, 0.3) is 97.0 Å². The zero-order valence-corrected chi connectivity index (χ0v) is 32.8. The Morgan fingerprint density at radius 3 is 1.73 bits per heavy atom. The summed E-state index contributed by atoms with van der Waals surface area (Å²) >= 11 is 1.85. The maximum atomic E-state index is 6.49. The molecule has 0 atom stereocenters. The second kappa shape index (κ2) is 13.6. The first kappa shape index (κ1) is 33.7. The molecule has 2 heterocycles. The Kier molecular flexibility index (Phi) is 7.75. The molecule has 0 fully saturated rings. The van der Waals surface area contributed by atoms with E-state index in [2.05, 4.69) is 211 Å². The number of furan rings is 1. The second-order valence-corrected chi connectivity index (χ2v) is 16.4. The van der Waals surface area contributed by atoms with Gasteiger partial charge in [0.25, 0.3) is 0 Å². The fraction of sp³-hybridized carbons (Fsp3) is 0. The van der Waals surface area contributed by atoms with Gasteiger partial charge in [0, 0.05) is 53.6 Å². The van der Waals surface area contributed by atoms with Crippen molar-refractivity contribution in [2.75, 3.05) is 4.90 Å². The summed E-state index contributed by atoms with van der Waals surface area (Å²) in [6.45, 7) is 0. The number of hydrogen-bond acceptors (Lipinski definition) is 3. The Bertz CT molecular complexity index is 3540. The maximum absolute atomic E-state index is 6.49. The van der Waals surface area contributed by atoms with Crippen LogP contribution < -0.4 is 4.90 Å². The van der Waals surface area contributed by atoms with E-state index < -0.39 is 0 Å². The molecule has 0 saturated heterocycles. The molecule has 0 bridgehead atoms. The normalized spacial score (nSPS) is 11.7. The van der Waals surface area contributed by atoms with Gasteiger partial charge >= 0.3 is 0 Å². The Labute approximate surface area is 345 Å². The SMILES string of the molecule is c1ccc(-c2cccc3c2oc2ccc(-c4ccc(N(c5ccc(-c6ccc7c(ccc8ccccc87)c6)cc5)c5ccc6c(c5)sc5ccccc56)cc4)cc23)cc1. The Morgan fingerprint density at radius 2 is 0.915 bits per heavy atom. The molecule has 0 unspecified atom stereocenters. The van der Waals surface area contributed by atoms with Crippen LogP contribution in [0.3, 0.4) is 0 Å². The zero-order valence-electron chi connectivity index (χ0n) is 32.0. The van der Waals surface area contributed by atoms with Gasteiger partial charge in [0.15, 0.2) is 0 Å². The zero-order chi connectivity index (χ0) is 38.9. The first-order valence-corrected chi connectivity index (χ1v) is 20.9. The number of fused-ring (bicyclic) bond motifs is 9. The molecular weight excluding hydrogens is 735 g/mol. The van der Waals surface area contributed by atoms with E-state index in [4.69, 9.17) is 4.42 Å². The topological polar surface area (TPSA) is 16.4 Å². The van der Waals surface area contributed by atoms with Crippen LogP contribution in [0.2, 0.25) is 0 Å². The molecule has 0 aliphatic carbocycles. The fourth-order valence-electron chi connectivity index (χ4n) is 8.92. The van der Waals surface area contributed by atoms with E-state index in [1.807, 2.05) is 17.4 Å². The van der Waals surface area contributed by atoms with Gasteiger partial charge in [-0.25, -0.2) is 0 Å². The molecule has 0 saturated carbocycles. The summed E-state index contributed by atoms with van der Waals surface area (Å²) in [5.41, 5.74) is 12.1. The molecule has 10 aromatic carbocycles. The number of hydrogen-bond donors (Lipinski definition) is 0. The van der Waals surface area contributed by atoms with Crippen molar-refractivity contribution in [3.63, 3.8) is 0 Å². The van der Waals surface area contributed by atoms with Gasteiger partial charge in [0.2, 0.25) is 0 Å². The van der Waals surface area contributed by atoms with Crippen LogP contribution in [-0.4, -0.2) is 0 Å². The highest BCUT2D eigenvalue weighted by Crippen LogP contribution is 2.43. The smallest absolute Gasteiger partial charge is 0.143 e. The van der Waals surface area contributed by atoms with Gasteiger partial charge in [-0.2, -0.15) is 0 Å². The highest BCUT2D eigenvalue weighted by atomic mass is 32.1. The average Bonchev–Trinajstić information content (AvgIpc) is 3.87. The Morgan fingerprint density at radius 1 is 0.322 bits per heavy atom. The Balaban J connectivity index is 0.929. The molecule has 0 aliphatic rings. The number of anilines is 3. The summed E-state index contributed by atoms with van der Waals surface area (Å²) in [7, 11) is 0. The van der Waals surface area contributed by atoms with Crippen molar-refractivity contribution in [2.24, 2.45) is 0 Å². The van der Waals surface area contributed by atoms with Crippen LogP contribution in [-0.2, 0) is 0 Å². The number of rotatable bonds is 6. The summed E-state index contributed by atoms with van der Waals surface area (Å²) in [5.74, 6) is 0. The number of thiophene rings is 1. The van der Waals surface area contributed by atoms with Gasteiger partial charge in [-0.3, -0.25) is 0 Å². The van der Waals surface area contributed by atoms with E-state index in [0.717, 1.165) is 61.3 Å². The lowest BCUT2D eigenvalue weighted by Crippen LogP contribution is -2.09. The van der Waals surface area contributed by atoms with Crippen LogP contribution in [0.5, 0.6) is 0 Å². The molecule has 2 aromatic heterocycles. The molecular formula is C56H35NOS. The van der Waals surface area contributed by atoms with E-state index in [0.29, 0.717) is 0 Å². The minimum Gasteiger partial charge on any atom is -0.455 e. The third kappa shape index (κ3) is 5.70. The standard InChI is InChI=1S/C56H35NOS/c1-2-9-38(10-3-1)48-14-8-15-51-52-34-41(24-32-53(52)58-56(48)51)37-21-27-44(28-22-37)57(45-29-31-50-49-13-6-7-16-54(49)59-55(50)35-45)43-25-19-36(20-26-43)40-23-30-47-42(33-40)18-17-39-11-4-5-12-46(39)47/h1-35H. The summed E-state index contributed by atoms with van der Waals surface area (Å²) in [6.07, 6.45) is 0. The van der Waals surface area contributed by atoms with Crippen LogP contribution in [0, 0.1) is 0 Å². The third-order valence-electron chi connectivity index (χ3n) is 11.9. The van der Waals surface area contributed by atoms with Crippen molar-refractivity contribution in [3.05, 3.63) is 212 Å². The van der Waals surface area contributed by atoms with Crippen molar-refractivity contribution in [2.45, 2.75) is 0 Å². The highest BCUT2D eigenvalue weighted by Gasteiger charge is 2.17. The molecule has 3 heteroatoms. The quantitative estimate of drug-likeness (QED) is 0.157. The number of para-hydroxylation sites is 1. The monoisotopic (exact) mass is 769 g/mol. The summed E-state index contributed by atoms with van der Waals surface area (Å²) < 4.78 is 9.08. The molecule has 0 amide bonds. The van der Waals surface area contributed by atoms with Crippen LogP contribution >= 0.6 is 11.3 Å². The molecule has 276 valence electrons. The van der Waals surface area contributed by atoms with Crippen molar-refractivity contribution < 1.29 is 4.42 Å². The lowest BCUT2D eigenvalue weighted by atomic mass is 9.97. The van der Waals surface area contributed by atoms with E-state index in [-0.39, 0.29) is 0 Å². The molecule has 2 nitrogen and oxygen atoms in total. The average molecular weight is 770 g/mol. The van der Waals surface area contributed by atoms with Crippen molar-refractivity contribution in [1.82, 2.24) is 0 Å². The van der Waals surface area contributed by atoms with Gasteiger partial charge in [0.05, 0.1) is 0 Å². The fourth-order valence-corrected chi connectivity index (χ4v) is 10.1. The molecule has 0 spiro atoms. The van der Waals surface area contributed by atoms with Crippen molar-refractivity contribution in [3.8, 4) is 33.4 Å². The largest absolute Gasteiger partial charge is 0.455 e. The van der Waals surface area contributed by atoms with E-state index in [9.17, 15) is 0 Å². The van der Waals surface area contributed by atoms with E-state index in [1.165, 1.54) is 52.8 Å². The predicted octanol–water partition coefficient (Wildman–Crippen LogP) is 16.7. The van der Waals surface area contributed by atoms with E-state index >= 15 is 0 Å². The summed E-state index contributed by atoms with van der Waals surface area (Å²) in [5, 5.41) is 9.94. The summed E-state index contributed by atoms with van der Waals surface area (Å²) in [6, 6.07) is 77.0. The minimum absolute atomic E-state index is 0.896. The van der Waals surface area contributed by atoms with Crippen LogP contribution in [0.15, 0.2) is 217 Å². The lowest BCUT2D eigenvalue weighted by molar-refractivity contribution is 0.670. The molecule has 0 aliphatic heterocycles. The Hall–Kier alpha value is -7.46. The third-order valence-corrected chi connectivity index (χ3v) is 13.0. The van der Waals surface area contributed by atoms with Crippen LogP contribution in [0.4, 0.5) is 17.1 Å². The number of nitrogens with zero attached hydrogens (tertiary/aromatic N) is 1. The first-order chi connectivity index (χ1) is 29.2. The van der Waals surface area contributed by atoms with E-state index in [1.54, 1.807) is 0 Å². The van der Waals surface area contributed by atoms with Gasteiger partial charge in [-0.05, 0) is 110 Å². The van der Waals surface area contributed by atoms with Gasteiger partial charge in [-0.1, -0.05) is 152 Å². The predicted molar refractivity (Wildman–Crippen MR) is 253 cm³/mol. The second-order valence-electron chi connectivity index (χ2n) is 15.3. The molecule has 0 N–H and O–H groups in total. The highest BCUT2D eigenvalue weighted by molar-refractivity contribution is 7.25. The summed E-state index contributed by atoms with van der Waals surface area (Å²) in [4.78, 5) is 2.38. The van der Waals surface area contributed by atoms with Gasteiger partial charge in [0.1, 0.15) is 11.2 Å². The van der Waals surface area contributed by atoms with Crippen molar-refractivity contribution >= 4 is 92.1 Å². The first-order valence-electron chi connectivity index (χ1n) is 20.1. The molecule has 12 rings (SSSR count). The lowest BCUT2D eigenvalue weighted by Gasteiger charge is -2.26. The maximum Gasteiger partial charge on any atom is 0.143 e.